The lowest BCUT2D eigenvalue weighted by Crippen LogP contribution is -2.34. The lowest BCUT2D eigenvalue weighted by molar-refractivity contribution is -0.133. The van der Waals surface area contributed by atoms with Crippen LogP contribution < -0.4 is 5.32 Å². The minimum atomic E-state index is -0.210. The summed E-state index contributed by atoms with van der Waals surface area (Å²) in [6, 6.07) is 15.3. The Hall–Kier alpha value is -2.99. The fourth-order valence-corrected chi connectivity index (χ4v) is 3.45. The van der Waals surface area contributed by atoms with E-state index < -0.39 is 0 Å². The predicted molar refractivity (Wildman–Crippen MR) is 115 cm³/mol. The van der Waals surface area contributed by atoms with Crippen molar-refractivity contribution in [1.29, 1.82) is 0 Å². The second-order valence-electron chi connectivity index (χ2n) is 7.26. The fraction of sp³-hybridized carbons (Fsp3) is 0.348. The number of amides is 1. The average molecular weight is 393 g/mol. The molecule has 2 N–H and O–H groups in total. The van der Waals surface area contributed by atoms with Gasteiger partial charge in [0.25, 0.3) is 0 Å². The van der Waals surface area contributed by atoms with E-state index in [1.54, 1.807) is 13.1 Å². The molecule has 29 heavy (non-hydrogen) atoms. The van der Waals surface area contributed by atoms with Crippen molar-refractivity contribution in [3.8, 4) is 0 Å². The molecule has 0 aliphatic rings. The molecule has 0 fully saturated rings. The van der Waals surface area contributed by atoms with Gasteiger partial charge in [0.1, 0.15) is 5.82 Å². The molecular weight excluding hydrogens is 364 g/mol. The van der Waals surface area contributed by atoms with Gasteiger partial charge < -0.3 is 15.2 Å². The van der Waals surface area contributed by atoms with E-state index in [1.165, 1.54) is 0 Å². The number of aromatic nitrogens is 2. The first kappa shape index (κ1) is 20.7. The number of ketones is 1. The Balaban J connectivity index is 1.80. The molecule has 0 aliphatic carbocycles. The van der Waals surface area contributed by atoms with Gasteiger partial charge in [-0.05, 0) is 44.2 Å². The molecule has 1 amide bonds. The van der Waals surface area contributed by atoms with Gasteiger partial charge in [-0.1, -0.05) is 37.3 Å². The molecule has 3 rings (SSSR count). The monoisotopic (exact) mass is 392 g/mol. The quantitative estimate of drug-likeness (QED) is 0.546. The Morgan fingerprint density at radius 3 is 2.62 bits per heavy atom. The summed E-state index contributed by atoms with van der Waals surface area (Å²) >= 11 is 0. The maximum Gasteiger partial charge on any atom is 0.230 e. The molecule has 0 saturated heterocycles. The van der Waals surface area contributed by atoms with Crippen molar-refractivity contribution in [2.45, 2.75) is 32.7 Å². The smallest absolute Gasteiger partial charge is 0.230 e. The number of benzene rings is 2. The van der Waals surface area contributed by atoms with Gasteiger partial charge >= 0.3 is 0 Å². The number of Topliss-reactive ketones (excluding diaryl/α,β-unsaturated/α-hetero) is 1. The molecule has 1 heterocycles. The first-order valence-corrected chi connectivity index (χ1v) is 10.0. The zero-order chi connectivity index (χ0) is 20.8. The largest absolute Gasteiger partial charge is 0.340 e. The number of carbonyl (C=O) groups excluding carboxylic acids is 2. The third-order valence-corrected chi connectivity index (χ3v) is 5.01. The average Bonchev–Trinajstić information content (AvgIpc) is 3.14. The van der Waals surface area contributed by atoms with E-state index in [1.807, 2.05) is 54.3 Å². The van der Waals surface area contributed by atoms with Crippen LogP contribution in [0.15, 0.2) is 48.5 Å². The van der Waals surface area contributed by atoms with E-state index >= 15 is 0 Å². The van der Waals surface area contributed by atoms with Crippen LogP contribution in [-0.4, -0.2) is 46.7 Å². The molecule has 152 valence electrons. The lowest BCUT2D eigenvalue weighted by atomic mass is 9.99. The summed E-state index contributed by atoms with van der Waals surface area (Å²) in [6.45, 7) is 5.38. The highest BCUT2D eigenvalue weighted by atomic mass is 16.2. The number of H-pyrrole nitrogens is 1. The number of carbonyl (C=O) groups is 2. The standard InChI is InChI=1S/C23H28N4O2/c1-4-12-27(23(29)16(2)17-8-6-5-7-9-17)15-22-25-19-11-10-18(13-20(19)26-22)21(28)14-24-3/h5-11,13,16,24H,4,12,14-15H2,1-3H3,(H,25,26)/t16-/m1/s1. The van der Waals surface area contributed by atoms with Crippen LogP contribution in [-0.2, 0) is 11.3 Å². The summed E-state index contributed by atoms with van der Waals surface area (Å²) in [5.41, 5.74) is 3.25. The Kier molecular flexibility index (Phi) is 6.77. The highest BCUT2D eigenvalue weighted by Crippen LogP contribution is 2.20. The van der Waals surface area contributed by atoms with Crippen LogP contribution in [0.2, 0.25) is 0 Å². The van der Waals surface area contributed by atoms with Crippen LogP contribution in [0, 0.1) is 0 Å². The Morgan fingerprint density at radius 2 is 1.93 bits per heavy atom. The van der Waals surface area contributed by atoms with E-state index in [2.05, 4.69) is 22.2 Å². The van der Waals surface area contributed by atoms with Gasteiger partial charge in [0.15, 0.2) is 5.78 Å². The summed E-state index contributed by atoms with van der Waals surface area (Å²) in [5, 5.41) is 2.88. The summed E-state index contributed by atoms with van der Waals surface area (Å²) < 4.78 is 0. The topological polar surface area (TPSA) is 78.1 Å². The number of nitrogens with zero attached hydrogens (tertiary/aromatic N) is 2. The zero-order valence-corrected chi connectivity index (χ0v) is 17.2. The molecule has 2 aromatic carbocycles. The molecule has 0 aliphatic heterocycles. The number of likely N-dealkylation sites (N-methyl/N-ethyl adjacent to an activating group) is 1. The molecular formula is C23H28N4O2. The molecule has 1 atom stereocenters. The molecule has 0 spiro atoms. The van der Waals surface area contributed by atoms with Crippen LogP contribution in [0.5, 0.6) is 0 Å². The molecule has 0 unspecified atom stereocenters. The van der Waals surface area contributed by atoms with Gasteiger partial charge in [0.2, 0.25) is 5.91 Å². The van der Waals surface area contributed by atoms with E-state index in [4.69, 9.17) is 0 Å². The Bertz CT molecular complexity index is 981. The second-order valence-corrected chi connectivity index (χ2v) is 7.26. The normalized spacial score (nSPS) is 12.1. The van der Waals surface area contributed by atoms with Gasteiger partial charge in [0, 0.05) is 12.1 Å². The van der Waals surface area contributed by atoms with Crippen LogP contribution >= 0.6 is 0 Å². The number of hydrogen-bond donors (Lipinski definition) is 2. The van der Waals surface area contributed by atoms with Crippen molar-refractivity contribution in [2.24, 2.45) is 0 Å². The molecule has 6 nitrogen and oxygen atoms in total. The summed E-state index contributed by atoms with van der Waals surface area (Å²) in [6.07, 6.45) is 0.871. The highest BCUT2D eigenvalue weighted by molar-refractivity contribution is 6.00. The third-order valence-electron chi connectivity index (χ3n) is 5.01. The third kappa shape index (κ3) is 4.90. The molecule has 1 aromatic heterocycles. The summed E-state index contributed by atoms with van der Waals surface area (Å²) in [7, 11) is 1.75. The first-order chi connectivity index (χ1) is 14.0. The van der Waals surface area contributed by atoms with Crippen molar-refractivity contribution < 1.29 is 9.59 Å². The number of rotatable bonds is 9. The van der Waals surface area contributed by atoms with E-state index in [-0.39, 0.29) is 17.6 Å². The number of imidazole rings is 1. The Morgan fingerprint density at radius 1 is 1.17 bits per heavy atom. The van der Waals surface area contributed by atoms with Gasteiger partial charge in [-0.15, -0.1) is 0 Å². The molecule has 3 aromatic rings. The number of fused-ring (bicyclic) bond motifs is 1. The lowest BCUT2D eigenvalue weighted by Gasteiger charge is -2.25. The van der Waals surface area contributed by atoms with Crippen molar-refractivity contribution in [3.63, 3.8) is 0 Å². The van der Waals surface area contributed by atoms with Crippen LogP contribution in [0.3, 0.4) is 0 Å². The molecule has 6 heteroatoms. The minimum Gasteiger partial charge on any atom is -0.340 e. The Labute approximate surface area is 171 Å². The minimum absolute atomic E-state index is 0.0324. The van der Waals surface area contributed by atoms with Crippen molar-refractivity contribution in [3.05, 3.63) is 65.5 Å². The number of hydrogen-bond acceptors (Lipinski definition) is 4. The van der Waals surface area contributed by atoms with Crippen molar-refractivity contribution in [1.82, 2.24) is 20.2 Å². The second kappa shape index (κ2) is 9.47. The van der Waals surface area contributed by atoms with E-state index in [9.17, 15) is 9.59 Å². The maximum absolute atomic E-state index is 13.1. The highest BCUT2D eigenvalue weighted by Gasteiger charge is 2.22. The number of nitrogens with one attached hydrogen (secondary N) is 2. The summed E-state index contributed by atoms with van der Waals surface area (Å²) in [4.78, 5) is 35.0. The van der Waals surface area contributed by atoms with Crippen LogP contribution in [0.1, 0.15) is 47.9 Å². The molecule has 0 bridgehead atoms. The van der Waals surface area contributed by atoms with E-state index in [0.29, 0.717) is 25.2 Å². The van der Waals surface area contributed by atoms with Gasteiger partial charge in [0.05, 0.1) is 30.0 Å². The summed E-state index contributed by atoms with van der Waals surface area (Å²) in [5.74, 6) is 0.631. The maximum atomic E-state index is 13.1. The van der Waals surface area contributed by atoms with Crippen molar-refractivity contribution >= 4 is 22.7 Å². The predicted octanol–water partition coefficient (Wildman–Crippen LogP) is 3.51. The van der Waals surface area contributed by atoms with Crippen LogP contribution in [0.25, 0.3) is 11.0 Å². The van der Waals surface area contributed by atoms with Gasteiger partial charge in [-0.2, -0.15) is 0 Å². The molecule has 0 radical (unpaired) electrons. The zero-order valence-electron chi connectivity index (χ0n) is 17.2. The van der Waals surface area contributed by atoms with Gasteiger partial charge in [-0.25, -0.2) is 4.98 Å². The fourth-order valence-electron chi connectivity index (χ4n) is 3.45. The first-order valence-electron chi connectivity index (χ1n) is 10.0. The van der Waals surface area contributed by atoms with Crippen LogP contribution in [0.4, 0.5) is 0 Å². The molecule has 0 saturated carbocycles. The van der Waals surface area contributed by atoms with E-state index in [0.717, 1.165) is 28.8 Å². The van der Waals surface area contributed by atoms with Crippen molar-refractivity contribution in [2.75, 3.05) is 20.1 Å². The SMILES string of the molecule is CCCN(Cc1nc2ccc(C(=O)CNC)cc2[nH]1)C(=O)[C@H](C)c1ccccc1. The van der Waals surface area contributed by atoms with Gasteiger partial charge in [-0.3, -0.25) is 9.59 Å². The number of aromatic amines is 1.